The van der Waals surface area contributed by atoms with E-state index in [2.05, 4.69) is 48.4 Å². The molecule has 1 aromatic carbocycles. The predicted octanol–water partition coefficient (Wildman–Crippen LogP) is 3.23. The van der Waals surface area contributed by atoms with Gasteiger partial charge in [0.1, 0.15) is 17.2 Å². The van der Waals surface area contributed by atoms with E-state index in [0.29, 0.717) is 12.4 Å². The number of anilines is 2. The Morgan fingerprint density at radius 3 is 2.59 bits per heavy atom. The average Bonchev–Trinajstić information content (AvgIpc) is 3.30. The van der Waals surface area contributed by atoms with Gasteiger partial charge < -0.3 is 16.0 Å². The predicted molar refractivity (Wildman–Crippen MR) is 117 cm³/mol. The van der Waals surface area contributed by atoms with E-state index in [1.165, 1.54) is 12.8 Å². The number of rotatable bonds is 7. The summed E-state index contributed by atoms with van der Waals surface area (Å²) < 4.78 is 0. The summed E-state index contributed by atoms with van der Waals surface area (Å²) in [7, 11) is 1.91. The summed E-state index contributed by atoms with van der Waals surface area (Å²) in [6.07, 6.45) is 8.57. The fourth-order valence-electron chi connectivity index (χ4n) is 3.35. The fourth-order valence-corrected chi connectivity index (χ4v) is 4.30. The van der Waals surface area contributed by atoms with Crippen LogP contribution in [0.25, 0.3) is 11.4 Å². The third-order valence-corrected chi connectivity index (χ3v) is 5.91. The molecule has 1 saturated heterocycles. The summed E-state index contributed by atoms with van der Waals surface area (Å²) in [6.45, 7) is 2.71. The highest BCUT2D eigenvalue weighted by molar-refractivity contribution is 7.99. The maximum Gasteiger partial charge on any atom is 0.160 e. The van der Waals surface area contributed by atoms with Crippen molar-refractivity contribution < 1.29 is 0 Å². The van der Waals surface area contributed by atoms with E-state index in [1.807, 2.05) is 25.5 Å². The summed E-state index contributed by atoms with van der Waals surface area (Å²) in [6, 6.07) is 8.26. The van der Waals surface area contributed by atoms with Gasteiger partial charge in [-0.25, -0.2) is 19.9 Å². The lowest BCUT2D eigenvalue weighted by molar-refractivity contribution is 0.908. The van der Waals surface area contributed by atoms with Crippen LogP contribution in [0.3, 0.4) is 0 Å². The quantitative estimate of drug-likeness (QED) is 0.577. The molecule has 0 radical (unpaired) electrons. The second kappa shape index (κ2) is 9.19. The van der Waals surface area contributed by atoms with Crippen LogP contribution in [0.4, 0.5) is 11.5 Å². The molecule has 7 nitrogen and oxygen atoms in total. The highest BCUT2D eigenvalue weighted by Gasteiger charge is 2.16. The molecule has 0 saturated carbocycles. The van der Waals surface area contributed by atoms with Crippen LogP contribution in [0, 0.1) is 0 Å². The Kier molecular flexibility index (Phi) is 6.21. The van der Waals surface area contributed by atoms with Crippen LogP contribution in [0.2, 0.25) is 0 Å². The minimum atomic E-state index is 0.591. The van der Waals surface area contributed by atoms with Crippen LogP contribution in [-0.2, 0) is 6.42 Å². The van der Waals surface area contributed by atoms with Crippen LogP contribution >= 0.6 is 11.8 Å². The van der Waals surface area contributed by atoms with Crippen LogP contribution in [-0.4, -0.2) is 46.6 Å². The van der Waals surface area contributed by atoms with Gasteiger partial charge in [-0.15, -0.1) is 0 Å². The van der Waals surface area contributed by atoms with Crippen LogP contribution in [0.5, 0.6) is 0 Å². The van der Waals surface area contributed by atoms with Gasteiger partial charge in [0.2, 0.25) is 0 Å². The molecule has 0 unspecified atom stereocenters. The smallest absolute Gasteiger partial charge is 0.160 e. The number of hydrogen-bond donors (Lipinski definition) is 2. The Hall–Kier alpha value is -2.71. The zero-order valence-electron chi connectivity index (χ0n) is 16.5. The SMILES string of the molecule is CNc1ccc(-c2ncc(CCN)cn2)c(Sc2cc(N3CCCC3)ncn2)c1. The first kappa shape index (κ1) is 19.6. The van der Waals surface area contributed by atoms with Crippen molar-refractivity contribution in [1.82, 2.24) is 19.9 Å². The van der Waals surface area contributed by atoms with E-state index in [4.69, 9.17) is 5.73 Å². The van der Waals surface area contributed by atoms with Crippen molar-refractivity contribution in [2.45, 2.75) is 29.2 Å². The van der Waals surface area contributed by atoms with Crippen molar-refractivity contribution in [1.29, 1.82) is 0 Å². The molecule has 29 heavy (non-hydrogen) atoms. The molecule has 0 atom stereocenters. The molecular weight excluding hydrogens is 382 g/mol. The lowest BCUT2D eigenvalue weighted by atomic mass is 10.2. The van der Waals surface area contributed by atoms with Gasteiger partial charge in [0, 0.05) is 54.7 Å². The van der Waals surface area contributed by atoms with Gasteiger partial charge in [-0.2, -0.15) is 0 Å². The standard InChI is InChI=1S/C21H25N7S/c1-23-16-4-5-17(21-24-12-15(6-7-22)13-25-21)18(10-16)29-20-11-19(26-14-27-20)28-8-2-3-9-28/h4-5,10-14,23H,2-3,6-9,22H2,1H3. The largest absolute Gasteiger partial charge is 0.388 e. The third-order valence-electron chi connectivity index (χ3n) is 4.92. The topological polar surface area (TPSA) is 92.8 Å². The number of hydrogen-bond acceptors (Lipinski definition) is 8. The van der Waals surface area contributed by atoms with E-state index in [0.717, 1.165) is 52.1 Å². The van der Waals surface area contributed by atoms with Crippen molar-refractivity contribution in [2.24, 2.45) is 5.73 Å². The van der Waals surface area contributed by atoms with Gasteiger partial charge in [0.15, 0.2) is 5.82 Å². The Labute approximate surface area is 175 Å². The minimum absolute atomic E-state index is 0.591. The van der Waals surface area contributed by atoms with Gasteiger partial charge in [-0.1, -0.05) is 11.8 Å². The van der Waals surface area contributed by atoms with E-state index in [1.54, 1.807) is 18.1 Å². The zero-order valence-corrected chi connectivity index (χ0v) is 17.3. The first-order valence-electron chi connectivity index (χ1n) is 9.85. The molecule has 0 amide bonds. The van der Waals surface area contributed by atoms with Crippen molar-refractivity contribution in [3.05, 3.63) is 48.5 Å². The second-order valence-corrected chi connectivity index (χ2v) is 7.99. The molecule has 3 heterocycles. The van der Waals surface area contributed by atoms with Crippen LogP contribution < -0.4 is 16.0 Å². The van der Waals surface area contributed by atoms with Gasteiger partial charge in [0.05, 0.1) is 0 Å². The molecule has 150 valence electrons. The summed E-state index contributed by atoms with van der Waals surface area (Å²) in [5.74, 6) is 1.69. The normalized spacial score (nSPS) is 13.7. The first-order valence-corrected chi connectivity index (χ1v) is 10.7. The van der Waals surface area contributed by atoms with Crippen molar-refractivity contribution in [3.63, 3.8) is 0 Å². The fraction of sp³-hybridized carbons (Fsp3) is 0.333. The van der Waals surface area contributed by atoms with E-state index in [9.17, 15) is 0 Å². The number of aromatic nitrogens is 4. The first-order chi connectivity index (χ1) is 14.3. The molecule has 4 rings (SSSR count). The Morgan fingerprint density at radius 2 is 1.86 bits per heavy atom. The van der Waals surface area contributed by atoms with Crippen molar-refractivity contribution >= 4 is 23.3 Å². The lowest BCUT2D eigenvalue weighted by Crippen LogP contribution is -2.18. The van der Waals surface area contributed by atoms with E-state index in [-0.39, 0.29) is 0 Å². The number of nitrogens with two attached hydrogens (primary N) is 1. The molecular formula is C21H25N7S. The third kappa shape index (κ3) is 4.65. The minimum Gasteiger partial charge on any atom is -0.388 e. The lowest BCUT2D eigenvalue weighted by Gasteiger charge is -2.16. The van der Waals surface area contributed by atoms with E-state index >= 15 is 0 Å². The molecule has 3 N–H and O–H groups in total. The summed E-state index contributed by atoms with van der Waals surface area (Å²) in [5, 5.41) is 4.12. The van der Waals surface area contributed by atoms with Crippen LogP contribution in [0.1, 0.15) is 18.4 Å². The maximum atomic E-state index is 5.63. The van der Waals surface area contributed by atoms with Gasteiger partial charge >= 0.3 is 0 Å². The zero-order chi connectivity index (χ0) is 20.1. The second-order valence-electron chi connectivity index (χ2n) is 6.93. The molecule has 0 spiro atoms. The molecule has 3 aromatic rings. The van der Waals surface area contributed by atoms with E-state index < -0.39 is 0 Å². The van der Waals surface area contributed by atoms with Gasteiger partial charge in [0.25, 0.3) is 0 Å². The summed E-state index contributed by atoms with van der Waals surface area (Å²) in [5.41, 5.74) is 8.69. The van der Waals surface area contributed by atoms with Crippen molar-refractivity contribution in [3.8, 4) is 11.4 Å². The Bertz CT molecular complexity index is 955. The Balaban J connectivity index is 1.64. The highest BCUT2D eigenvalue weighted by atomic mass is 32.2. The average molecular weight is 408 g/mol. The molecule has 1 aliphatic heterocycles. The Morgan fingerprint density at radius 1 is 1.07 bits per heavy atom. The molecule has 8 heteroatoms. The van der Waals surface area contributed by atoms with Gasteiger partial charge in [-0.05, 0) is 49.6 Å². The maximum absolute atomic E-state index is 5.63. The number of benzene rings is 1. The molecule has 2 aromatic heterocycles. The number of nitrogens with one attached hydrogen (secondary N) is 1. The molecule has 0 aliphatic carbocycles. The monoisotopic (exact) mass is 407 g/mol. The van der Waals surface area contributed by atoms with Crippen molar-refractivity contribution in [2.75, 3.05) is 36.9 Å². The molecule has 0 bridgehead atoms. The summed E-state index contributed by atoms with van der Waals surface area (Å²) >= 11 is 1.61. The molecule has 1 aliphatic rings. The number of nitrogens with zero attached hydrogens (tertiary/aromatic N) is 5. The molecule has 1 fully saturated rings. The highest BCUT2D eigenvalue weighted by Crippen LogP contribution is 2.36. The van der Waals surface area contributed by atoms with Crippen LogP contribution in [0.15, 0.2) is 52.9 Å². The summed E-state index contributed by atoms with van der Waals surface area (Å²) in [4.78, 5) is 21.4. The van der Waals surface area contributed by atoms with Gasteiger partial charge in [-0.3, -0.25) is 0 Å².